The first kappa shape index (κ1) is 20.7. The Kier molecular flexibility index (Phi) is 7.32. The molecule has 28 heavy (non-hydrogen) atoms. The van der Waals surface area contributed by atoms with Crippen molar-refractivity contribution in [1.82, 2.24) is 9.55 Å². The Morgan fingerprint density at radius 1 is 1.21 bits per heavy atom. The summed E-state index contributed by atoms with van der Waals surface area (Å²) in [4.78, 5) is 35.8. The van der Waals surface area contributed by atoms with Crippen molar-refractivity contribution in [2.45, 2.75) is 19.4 Å². The van der Waals surface area contributed by atoms with E-state index in [9.17, 15) is 14.4 Å². The molecule has 0 saturated heterocycles. The molecular weight excluding hydrogens is 366 g/mol. The lowest BCUT2D eigenvalue weighted by atomic mass is 9.97. The highest BCUT2D eigenvalue weighted by molar-refractivity contribution is 5.94. The topological polar surface area (TPSA) is 131 Å². The number of hydrogen-bond donors (Lipinski definition) is 3. The molecule has 1 atom stereocenters. The minimum Gasteiger partial charge on any atom is -0.495 e. The largest absolute Gasteiger partial charge is 0.495 e. The SMILES string of the molecule is COc1ccccc1NC(=O)C1CCn2ccnc2C1.O=C(O)C=CC(=O)O. The predicted octanol–water partition coefficient (Wildman–Crippen LogP) is 1.80. The van der Waals surface area contributed by atoms with Crippen molar-refractivity contribution in [2.24, 2.45) is 5.92 Å². The Hall–Kier alpha value is -3.62. The van der Waals surface area contributed by atoms with Crippen LogP contribution in [0.1, 0.15) is 12.2 Å². The Balaban J connectivity index is 0.000000300. The number of amides is 1. The standard InChI is InChI=1S/C15H17N3O2.C4H4O4/c1-20-13-5-3-2-4-12(13)17-15(19)11-6-8-18-9-7-16-14(18)10-11;5-3(6)1-2-4(7)8/h2-5,7,9,11H,6,8,10H2,1H3,(H,17,19);1-2H,(H,5,6)(H,7,8). The molecule has 1 aromatic heterocycles. The van der Waals surface area contributed by atoms with Gasteiger partial charge in [-0.3, -0.25) is 4.79 Å². The second-order valence-electron chi connectivity index (χ2n) is 5.93. The summed E-state index contributed by atoms with van der Waals surface area (Å²) < 4.78 is 7.35. The molecule has 0 saturated carbocycles. The van der Waals surface area contributed by atoms with Gasteiger partial charge in [0.25, 0.3) is 0 Å². The van der Waals surface area contributed by atoms with E-state index in [-0.39, 0.29) is 11.8 Å². The molecule has 0 aliphatic carbocycles. The molecule has 3 rings (SSSR count). The van der Waals surface area contributed by atoms with E-state index in [4.69, 9.17) is 14.9 Å². The summed E-state index contributed by atoms with van der Waals surface area (Å²) in [7, 11) is 1.60. The summed E-state index contributed by atoms with van der Waals surface area (Å²) >= 11 is 0. The van der Waals surface area contributed by atoms with E-state index in [0.717, 1.165) is 18.8 Å². The van der Waals surface area contributed by atoms with Gasteiger partial charge in [0.2, 0.25) is 5.91 Å². The molecule has 0 radical (unpaired) electrons. The zero-order chi connectivity index (χ0) is 20.5. The van der Waals surface area contributed by atoms with Gasteiger partial charge in [-0.15, -0.1) is 0 Å². The maximum absolute atomic E-state index is 12.4. The molecule has 2 aromatic rings. The van der Waals surface area contributed by atoms with Crippen molar-refractivity contribution in [2.75, 3.05) is 12.4 Å². The first-order valence-electron chi connectivity index (χ1n) is 8.48. The van der Waals surface area contributed by atoms with Crippen LogP contribution >= 0.6 is 0 Å². The van der Waals surface area contributed by atoms with E-state index in [2.05, 4.69) is 14.9 Å². The van der Waals surface area contributed by atoms with Crippen molar-refractivity contribution < 1.29 is 29.3 Å². The number of carbonyl (C=O) groups is 3. The smallest absolute Gasteiger partial charge is 0.328 e. The highest BCUT2D eigenvalue weighted by Gasteiger charge is 2.25. The fourth-order valence-electron chi connectivity index (χ4n) is 2.70. The summed E-state index contributed by atoms with van der Waals surface area (Å²) in [6.07, 6.45) is 6.39. The second kappa shape index (κ2) is 9.91. The van der Waals surface area contributed by atoms with Gasteiger partial charge in [0, 0.05) is 43.4 Å². The third-order valence-corrected chi connectivity index (χ3v) is 4.05. The Morgan fingerprint density at radius 3 is 2.54 bits per heavy atom. The number of aryl methyl sites for hydroxylation is 1. The second-order valence-corrected chi connectivity index (χ2v) is 5.93. The predicted molar refractivity (Wildman–Crippen MR) is 100 cm³/mol. The van der Waals surface area contributed by atoms with Gasteiger partial charge in [-0.1, -0.05) is 12.1 Å². The average molecular weight is 387 g/mol. The molecule has 0 spiro atoms. The molecule has 0 fully saturated rings. The van der Waals surface area contributed by atoms with Gasteiger partial charge in [0.1, 0.15) is 11.6 Å². The van der Waals surface area contributed by atoms with Gasteiger partial charge >= 0.3 is 11.9 Å². The van der Waals surface area contributed by atoms with Crippen LogP contribution in [0.15, 0.2) is 48.8 Å². The Labute approximate surface area is 161 Å². The fraction of sp³-hybridized carbons (Fsp3) is 0.263. The number of nitrogens with zero attached hydrogens (tertiary/aromatic N) is 2. The molecule has 9 heteroatoms. The molecule has 1 aliphatic rings. The third-order valence-electron chi connectivity index (χ3n) is 4.05. The highest BCUT2D eigenvalue weighted by atomic mass is 16.5. The highest BCUT2D eigenvalue weighted by Crippen LogP contribution is 2.26. The van der Waals surface area contributed by atoms with Gasteiger partial charge in [-0.2, -0.15) is 0 Å². The number of ether oxygens (including phenoxy) is 1. The monoisotopic (exact) mass is 387 g/mol. The summed E-state index contributed by atoms with van der Waals surface area (Å²) in [5, 5.41) is 18.6. The first-order valence-corrected chi connectivity index (χ1v) is 8.48. The number of nitrogens with one attached hydrogen (secondary N) is 1. The lowest BCUT2D eigenvalue weighted by molar-refractivity contribution is -0.134. The van der Waals surface area contributed by atoms with Gasteiger partial charge in [-0.05, 0) is 18.6 Å². The van der Waals surface area contributed by atoms with Crippen LogP contribution < -0.4 is 10.1 Å². The van der Waals surface area contributed by atoms with E-state index in [1.807, 2.05) is 30.5 Å². The number of hydrogen-bond acceptors (Lipinski definition) is 5. The van der Waals surface area contributed by atoms with Gasteiger partial charge in [-0.25, -0.2) is 14.6 Å². The molecule has 3 N–H and O–H groups in total. The van der Waals surface area contributed by atoms with E-state index < -0.39 is 11.9 Å². The number of aromatic nitrogens is 2. The molecule has 1 amide bonds. The van der Waals surface area contributed by atoms with Crippen LogP contribution in [-0.4, -0.2) is 44.7 Å². The molecule has 1 aliphatic heterocycles. The Bertz CT molecular complexity index is 858. The molecule has 1 unspecified atom stereocenters. The average Bonchev–Trinajstić information content (AvgIpc) is 3.15. The zero-order valence-corrected chi connectivity index (χ0v) is 15.2. The number of carbonyl (C=O) groups excluding carboxylic acids is 1. The summed E-state index contributed by atoms with van der Waals surface area (Å²) in [5.74, 6) is -0.854. The lowest BCUT2D eigenvalue weighted by Crippen LogP contribution is -2.30. The third kappa shape index (κ3) is 5.97. The molecular formula is C19H21N3O6. The van der Waals surface area contributed by atoms with E-state index in [0.29, 0.717) is 30.0 Å². The van der Waals surface area contributed by atoms with E-state index >= 15 is 0 Å². The molecule has 0 bridgehead atoms. The number of aliphatic carboxylic acids is 2. The van der Waals surface area contributed by atoms with E-state index in [1.54, 1.807) is 13.3 Å². The van der Waals surface area contributed by atoms with Crippen LogP contribution in [0.25, 0.3) is 0 Å². The molecule has 1 aromatic carbocycles. The number of fused-ring (bicyclic) bond motifs is 1. The van der Waals surface area contributed by atoms with Gasteiger partial charge in [0.15, 0.2) is 0 Å². The maximum atomic E-state index is 12.4. The number of carboxylic acid groups (broad SMARTS) is 2. The number of imidazole rings is 1. The molecule has 2 heterocycles. The number of benzene rings is 1. The number of methoxy groups -OCH3 is 1. The van der Waals surface area contributed by atoms with Crippen molar-refractivity contribution in [3.63, 3.8) is 0 Å². The number of anilines is 1. The van der Waals surface area contributed by atoms with Crippen LogP contribution in [0.5, 0.6) is 5.75 Å². The van der Waals surface area contributed by atoms with Gasteiger partial charge < -0.3 is 24.8 Å². The summed E-state index contributed by atoms with van der Waals surface area (Å²) in [6.45, 7) is 0.847. The lowest BCUT2D eigenvalue weighted by Gasteiger charge is -2.23. The van der Waals surface area contributed by atoms with Crippen LogP contribution in [0.2, 0.25) is 0 Å². The molecule has 148 valence electrons. The van der Waals surface area contributed by atoms with Crippen molar-refractivity contribution in [1.29, 1.82) is 0 Å². The van der Waals surface area contributed by atoms with E-state index in [1.165, 1.54) is 0 Å². The number of carboxylic acids is 2. The zero-order valence-electron chi connectivity index (χ0n) is 15.2. The van der Waals surface area contributed by atoms with Crippen LogP contribution in [0.3, 0.4) is 0 Å². The summed E-state index contributed by atoms with van der Waals surface area (Å²) in [6, 6.07) is 7.45. The normalized spacial score (nSPS) is 15.1. The van der Waals surface area contributed by atoms with Crippen LogP contribution in [-0.2, 0) is 27.3 Å². The van der Waals surface area contributed by atoms with Crippen molar-refractivity contribution in [3.05, 3.63) is 54.6 Å². The van der Waals surface area contributed by atoms with Crippen LogP contribution in [0.4, 0.5) is 5.69 Å². The van der Waals surface area contributed by atoms with Crippen molar-refractivity contribution >= 4 is 23.5 Å². The van der Waals surface area contributed by atoms with Crippen molar-refractivity contribution in [3.8, 4) is 5.75 Å². The van der Waals surface area contributed by atoms with Crippen LogP contribution in [0, 0.1) is 5.92 Å². The first-order chi connectivity index (χ1) is 13.4. The number of para-hydroxylation sites is 2. The number of rotatable bonds is 5. The minimum atomic E-state index is -1.26. The fourth-order valence-corrected chi connectivity index (χ4v) is 2.70. The van der Waals surface area contributed by atoms with Gasteiger partial charge in [0.05, 0.1) is 12.8 Å². The maximum Gasteiger partial charge on any atom is 0.328 e. The molecule has 9 nitrogen and oxygen atoms in total. The summed E-state index contributed by atoms with van der Waals surface area (Å²) in [5.41, 5.74) is 0.717. The Morgan fingerprint density at radius 2 is 1.89 bits per heavy atom. The minimum absolute atomic E-state index is 0.0313. The quantitative estimate of drug-likeness (QED) is 0.667.